The summed E-state index contributed by atoms with van der Waals surface area (Å²) in [7, 11) is 1.72. The van der Waals surface area contributed by atoms with Crippen LogP contribution >= 0.6 is 22.6 Å². The molecule has 1 aromatic carbocycles. The monoisotopic (exact) mass is 361 g/mol. The van der Waals surface area contributed by atoms with Gasteiger partial charge in [-0.05, 0) is 59.7 Å². The molecular formula is C14H20INO2. The zero-order valence-electron chi connectivity index (χ0n) is 10.7. The van der Waals surface area contributed by atoms with Crippen LogP contribution in [0, 0.1) is 3.57 Å². The topological polar surface area (TPSA) is 38.3 Å². The number of hydrogen-bond acceptors (Lipinski definition) is 2. The van der Waals surface area contributed by atoms with Crippen LogP contribution < -0.4 is 5.32 Å². The number of halogens is 1. The SMILES string of the molecule is COCCCCCCNC(=O)c1ccc(I)cc1. The predicted molar refractivity (Wildman–Crippen MR) is 81.8 cm³/mol. The molecule has 0 aliphatic rings. The largest absolute Gasteiger partial charge is 0.385 e. The van der Waals surface area contributed by atoms with Gasteiger partial charge in [-0.15, -0.1) is 0 Å². The molecule has 100 valence electrons. The second kappa shape index (κ2) is 9.33. The summed E-state index contributed by atoms with van der Waals surface area (Å²) in [6.07, 6.45) is 4.42. The molecule has 3 nitrogen and oxygen atoms in total. The van der Waals surface area contributed by atoms with Crippen LogP contribution in [0.25, 0.3) is 0 Å². The summed E-state index contributed by atoms with van der Waals surface area (Å²) in [5.41, 5.74) is 0.731. The van der Waals surface area contributed by atoms with Crippen molar-refractivity contribution in [3.05, 3.63) is 33.4 Å². The van der Waals surface area contributed by atoms with Gasteiger partial charge in [0, 0.05) is 29.4 Å². The molecule has 0 fully saturated rings. The summed E-state index contributed by atoms with van der Waals surface area (Å²) in [5, 5.41) is 2.94. The molecule has 1 N–H and O–H groups in total. The van der Waals surface area contributed by atoms with Gasteiger partial charge < -0.3 is 10.1 Å². The van der Waals surface area contributed by atoms with Crippen LogP contribution in [0.1, 0.15) is 36.0 Å². The first kappa shape index (κ1) is 15.4. The van der Waals surface area contributed by atoms with Crippen LogP contribution in [0.5, 0.6) is 0 Å². The van der Waals surface area contributed by atoms with Crippen molar-refractivity contribution in [1.82, 2.24) is 5.32 Å². The second-order valence-electron chi connectivity index (χ2n) is 4.17. The lowest BCUT2D eigenvalue weighted by Crippen LogP contribution is -2.24. The Morgan fingerprint density at radius 3 is 2.50 bits per heavy atom. The van der Waals surface area contributed by atoms with Crippen LogP contribution in [0.15, 0.2) is 24.3 Å². The van der Waals surface area contributed by atoms with Crippen molar-refractivity contribution in [1.29, 1.82) is 0 Å². The molecule has 0 atom stereocenters. The predicted octanol–water partition coefficient (Wildman–Crippen LogP) is 3.23. The lowest BCUT2D eigenvalue weighted by atomic mass is 10.2. The summed E-state index contributed by atoms with van der Waals surface area (Å²) in [6.45, 7) is 1.58. The molecular weight excluding hydrogens is 341 g/mol. The molecule has 0 saturated heterocycles. The molecule has 18 heavy (non-hydrogen) atoms. The number of hydrogen-bond donors (Lipinski definition) is 1. The minimum absolute atomic E-state index is 0.0169. The molecule has 1 amide bonds. The van der Waals surface area contributed by atoms with Crippen molar-refractivity contribution in [2.75, 3.05) is 20.3 Å². The van der Waals surface area contributed by atoms with Gasteiger partial charge in [0.1, 0.15) is 0 Å². The van der Waals surface area contributed by atoms with E-state index in [9.17, 15) is 4.79 Å². The highest BCUT2D eigenvalue weighted by molar-refractivity contribution is 14.1. The van der Waals surface area contributed by atoms with Crippen molar-refractivity contribution in [3.63, 3.8) is 0 Å². The lowest BCUT2D eigenvalue weighted by molar-refractivity contribution is 0.0952. The Morgan fingerprint density at radius 2 is 1.83 bits per heavy atom. The minimum Gasteiger partial charge on any atom is -0.385 e. The molecule has 0 unspecified atom stereocenters. The summed E-state index contributed by atoms with van der Waals surface area (Å²) in [6, 6.07) is 7.60. The van der Waals surface area contributed by atoms with Crippen LogP contribution in [-0.2, 0) is 4.74 Å². The van der Waals surface area contributed by atoms with Gasteiger partial charge in [0.2, 0.25) is 0 Å². The number of carbonyl (C=O) groups is 1. The maximum Gasteiger partial charge on any atom is 0.251 e. The van der Waals surface area contributed by atoms with Crippen molar-refractivity contribution < 1.29 is 9.53 Å². The fraction of sp³-hybridized carbons (Fsp3) is 0.500. The second-order valence-corrected chi connectivity index (χ2v) is 5.42. The van der Waals surface area contributed by atoms with Gasteiger partial charge in [-0.2, -0.15) is 0 Å². The van der Waals surface area contributed by atoms with Crippen LogP contribution in [0.3, 0.4) is 0 Å². The zero-order chi connectivity index (χ0) is 13.2. The maximum absolute atomic E-state index is 11.8. The van der Waals surface area contributed by atoms with Gasteiger partial charge in [-0.25, -0.2) is 0 Å². The molecule has 0 radical (unpaired) electrons. The maximum atomic E-state index is 11.8. The molecule has 0 aromatic heterocycles. The van der Waals surface area contributed by atoms with E-state index in [4.69, 9.17) is 4.74 Å². The third-order valence-corrected chi connectivity index (χ3v) is 3.39. The molecule has 0 bridgehead atoms. The lowest BCUT2D eigenvalue weighted by Gasteiger charge is -2.05. The van der Waals surface area contributed by atoms with Crippen molar-refractivity contribution in [3.8, 4) is 0 Å². The molecule has 4 heteroatoms. The number of benzene rings is 1. The standard InChI is InChI=1S/C14H20INO2/c1-18-11-5-3-2-4-10-16-14(17)12-6-8-13(15)9-7-12/h6-9H,2-5,10-11H2,1H3,(H,16,17). The van der Waals surface area contributed by atoms with Crippen LogP contribution in [0.2, 0.25) is 0 Å². The molecule has 0 spiro atoms. The Kier molecular flexibility index (Phi) is 8.00. The number of carbonyl (C=O) groups excluding carboxylic acids is 1. The number of amides is 1. The average molecular weight is 361 g/mol. The Balaban J connectivity index is 2.12. The van der Waals surface area contributed by atoms with E-state index < -0.39 is 0 Å². The van der Waals surface area contributed by atoms with E-state index in [0.29, 0.717) is 0 Å². The van der Waals surface area contributed by atoms with E-state index in [1.165, 1.54) is 0 Å². The number of ether oxygens (including phenoxy) is 1. The number of nitrogens with one attached hydrogen (secondary N) is 1. The highest BCUT2D eigenvalue weighted by Crippen LogP contribution is 2.06. The number of methoxy groups -OCH3 is 1. The minimum atomic E-state index is 0.0169. The van der Waals surface area contributed by atoms with Crippen molar-refractivity contribution in [2.45, 2.75) is 25.7 Å². The third kappa shape index (κ3) is 6.35. The van der Waals surface area contributed by atoms with E-state index in [1.54, 1.807) is 7.11 Å². The molecule has 0 aliphatic heterocycles. The summed E-state index contributed by atoms with van der Waals surface area (Å²) >= 11 is 2.23. The Hall–Kier alpha value is -0.620. The summed E-state index contributed by atoms with van der Waals surface area (Å²) in [4.78, 5) is 11.8. The van der Waals surface area contributed by atoms with E-state index in [1.807, 2.05) is 24.3 Å². The van der Waals surface area contributed by atoms with Gasteiger partial charge in [0.25, 0.3) is 5.91 Å². The molecule has 0 saturated carbocycles. The van der Waals surface area contributed by atoms with Crippen LogP contribution in [-0.4, -0.2) is 26.2 Å². The van der Waals surface area contributed by atoms with Gasteiger partial charge >= 0.3 is 0 Å². The third-order valence-electron chi connectivity index (χ3n) is 2.67. The Morgan fingerprint density at radius 1 is 1.17 bits per heavy atom. The number of unbranched alkanes of at least 4 members (excludes halogenated alkanes) is 3. The van der Waals surface area contributed by atoms with Gasteiger partial charge in [0.05, 0.1) is 0 Å². The highest BCUT2D eigenvalue weighted by Gasteiger charge is 2.03. The average Bonchev–Trinajstić information content (AvgIpc) is 2.38. The molecule has 0 aliphatic carbocycles. The Bertz CT molecular complexity index is 351. The van der Waals surface area contributed by atoms with E-state index in [-0.39, 0.29) is 5.91 Å². The Labute approximate surface area is 122 Å². The van der Waals surface area contributed by atoms with Crippen molar-refractivity contribution in [2.24, 2.45) is 0 Å². The fourth-order valence-electron chi connectivity index (χ4n) is 1.63. The number of rotatable bonds is 8. The quantitative estimate of drug-likeness (QED) is 0.570. The van der Waals surface area contributed by atoms with Gasteiger partial charge in [0.15, 0.2) is 0 Å². The van der Waals surface area contributed by atoms with Gasteiger partial charge in [-0.1, -0.05) is 12.8 Å². The summed E-state index contributed by atoms with van der Waals surface area (Å²) < 4.78 is 6.12. The smallest absolute Gasteiger partial charge is 0.251 e. The van der Waals surface area contributed by atoms with E-state index in [0.717, 1.165) is 48.0 Å². The normalized spacial score (nSPS) is 10.3. The fourth-order valence-corrected chi connectivity index (χ4v) is 1.99. The van der Waals surface area contributed by atoms with E-state index in [2.05, 4.69) is 27.9 Å². The zero-order valence-corrected chi connectivity index (χ0v) is 12.9. The van der Waals surface area contributed by atoms with E-state index >= 15 is 0 Å². The first-order valence-electron chi connectivity index (χ1n) is 6.26. The summed E-state index contributed by atoms with van der Waals surface area (Å²) in [5.74, 6) is 0.0169. The molecule has 1 aromatic rings. The molecule has 1 rings (SSSR count). The molecule has 0 heterocycles. The van der Waals surface area contributed by atoms with Crippen molar-refractivity contribution >= 4 is 28.5 Å². The van der Waals surface area contributed by atoms with Gasteiger partial charge in [-0.3, -0.25) is 4.79 Å². The van der Waals surface area contributed by atoms with Crippen LogP contribution in [0.4, 0.5) is 0 Å². The highest BCUT2D eigenvalue weighted by atomic mass is 127. The first-order chi connectivity index (χ1) is 8.74. The first-order valence-corrected chi connectivity index (χ1v) is 7.34.